The average Bonchev–Trinajstić information content (AvgIpc) is 3.22. The molecule has 3 N–H and O–H groups in total. The molecule has 2 aromatic carbocycles. The number of nitrogens with zero attached hydrogens (tertiary/aromatic N) is 3. The number of nitrogens with one attached hydrogen (secondary N) is 1. The molecule has 8 nitrogen and oxygen atoms in total. The number of benzene rings is 2. The smallest absolute Gasteiger partial charge is 0.343 e. The second kappa shape index (κ2) is 9.87. The number of piperidine rings is 1. The molecule has 1 aliphatic heterocycles. The van der Waals surface area contributed by atoms with E-state index in [1.807, 2.05) is 12.1 Å². The molecule has 0 spiro atoms. The van der Waals surface area contributed by atoms with Gasteiger partial charge < -0.3 is 15.8 Å². The van der Waals surface area contributed by atoms with Crippen molar-refractivity contribution < 1.29 is 14.3 Å². The number of anilines is 2. The lowest BCUT2D eigenvalue weighted by atomic mass is 9.99. The standard InChI is InChI=1S/C25H29N5O3/c1-17-11-13-29(14-12-17)16-18-3-7-20(8-4-18)28-24(31)19-5-9-21(10-6-19)30-23(26)22(15-27-30)25(32)33-2/h3-10,15,17H,11-14,16,26H2,1-2H3,(H,28,31). The number of rotatable bonds is 6. The van der Waals surface area contributed by atoms with Crippen molar-refractivity contribution in [2.24, 2.45) is 5.92 Å². The van der Waals surface area contributed by atoms with Gasteiger partial charge in [-0.05, 0) is 73.8 Å². The third-order valence-electron chi connectivity index (χ3n) is 6.08. The molecule has 0 bridgehead atoms. The zero-order valence-electron chi connectivity index (χ0n) is 19.0. The van der Waals surface area contributed by atoms with E-state index >= 15 is 0 Å². The molecule has 3 aromatic rings. The first kappa shape index (κ1) is 22.5. The molecule has 1 saturated heterocycles. The van der Waals surface area contributed by atoms with E-state index in [0.717, 1.165) is 31.2 Å². The van der Waals surface area contributed by atoms with Crippen LogP contribution in [0.15, 0.2) is 54.7 Å². The molecule has 2 heterocycles. The van der Waals surface area contributed by atoms with Crippen molar-refractivity contribution in [3.05, 3.63) is 71.4 Å². The minimum absolute atomic E-state index is 0.179. The summed E-state index contributed by atoms with van der Waals surface area (Å²) in [7, 11) is 1.29. The largest absolute Gasteiger partial charge is 0.465 e. The second-order valence-electron chi connectivity index (χ2n) is 8.50. The van der Waals surface area contributed by atoms with Crippen LogP contribution in [-0.2, 0) is 11.3 Å². The summed E-state index contributed by atoms with van der Waals surface area (Å²) in [5, 5.41) is 7.07. The van der Waals surface area contributed by atoms with E-state index in [9.17, 15) is 9.59 Å². The van der Waals surface area contributed by atoms with E-state index < -0.39 is 5.97 Å². The molecule has 1 aliphatic rings. The van der Waals surface area contributed by atoms with Gasteiger partial charge in [0, 0.05) is 17.8 Å². The fourth-order valence-corrected chi connectivity index (χ4v) is 3.96. The number of likely N-dealkylation sites (tertiary alicyclic amines) is 1. The van der Waals surface area contributed by atoms with Crippen LogP contribution in [0.5, 0.6) is 0 Å². The van der Waals surface area contributed by atoms with Crippen LogP contribution in [0.2, 0.25) is 0 Å². The van der Waals surface area contributed by atoms with Crippen LogP contribution in [0.25, 0.3) is 5.69 Å². The van der Waals surface area contributed by atoms with Gasteiger partial charge in [-0.3, -0.25) is 9.69 Å². The first-order valence-electron chi connectivity index (χ1n) is 11.1. The van der Waals surface area contributed by atoms with E-state index in [-0.39, 0.29) is 17.3 Å². The van der Waals surface area contributed by atoms with Crippen molar-refractivity contribution >= 4 is 23.4 Å². The lowest BCUT2D eigenvalue weighted by molar-refractivity contribution is 0.0602. The molecule has 0 saturated carbocycles. The van der Waals surface area contributed by atoms with Gasteiger partial charge >= 0.3 is 5.97 Å². The Balaban J connectivity index is 1.37. The Morgan fingerprint density at radius 2 is 1.76 bits per heavy atom. The quantitative estimate of drug-likeness (QED) is 0.558. The number of carbonyl (C=O) groups is 2. The molecule has 0 aliphatic carbocycles. The Hall–Kier alpha value is -3.65. The molecule has 172 valence electrons. The molecule has 1 aromatic heterocycles. The maximum absolute atomic E-state index is 12.7. The SMILES string of the molecule is COC(=O)c1cnn(-c2ccc(C(=O)Nc3ccc(CN4CCC(C)CC4)cc3)cc2)c1N. The normalized spacial score (nSPS) is 14.7. The number of ether oxygens (including phenoxy) is 1. The number of carbonyl (C=O) groups excluding carboxylic acids is 2. The van der Waals surface area contributed by atoms with Gasteiger partial charge in [-0.2, -0.15) is 5.10 Å². The highest BCUT2D eigenvalue weighted by Gasteiger charge is 2.17. The van der Waals surface area contributed by atoms with Crippen molar-refractivity contribution in [1.82, 2.24) is 14.7 Å². The van der Waals surface area contributed by atoms with Gasteiger partial charge in [-0.15, -0.1) is 0 Å². The van der Waals surface area contributed by atoms with Crippen LogP contribution in [0.4, 0.5) is 11.5 Å². The van der Waals surface area contributed by atoms with Crippen LogP contribution < -0.4 is 11.1 Å². The Morgan fingerprint density at radius 3 is 2.39 bits per heavy atom. The summed E-state index contributed by atoms with van der Waals surface area (Å²) in [6, 6.07) is 14.8. The number of hydrogen-bond acceptors (Lipinski definition) is 6. The molecule has 0 unspecified atom stereocenters. The molecule has 0 radical (unpaired) electrons. The monoisotopic (exact) mass is 447 g/mol. The van der Waals surface area contributed by atoms with Crippen LogP contribution in [0.1, 0.15) is 46.0 Å². The summed E-state index contributed by atoms with van der Waals surface area (Å²) in [6.45, 7) is 5.54. The molecule has 0 atom stereocenters. The average molecular weight is 448 g/mol. The molecular weight excluding hydrogens is 418 g/mol. The molecule has 4 rings (SSSR count). The number of methoxy groups -OCH3 is 1. The Bertz CT molecular complexity index is 1110. The van der Waals surface area contributed by atoms with E-state index in [1.165, 1.54) is 36.4 Å². The summed E-state index contributed by atoms with van der Waals surface area (Å²) in [5.41, 5.74) is 9.33. The number of nitrogens with two attached hydrogens (primary N) is 1. The van der Waals surface area contributed by atoms with Gasteiger partial charge in [-0.25, -0.2) is 9.48 Å². The van der Waals surface area contributed by atoms with Crippen LogP contribution in [-0.4, -0.2) is 46.8 Å². The lowest BCUT2D eigenvalue weighted by Crippen LogP contribution is -2.32. The van der Waals surface area contributed by atoms with E-state index in [1.54, 1.807) is 24.3 Å². The van der Waals surface area contributed by atoms with Gasteiger partial charge in [0.15, 0.2) is 0 Å². The third-order valence-corrected chi connectivity index (χ3v) is 6.08. The number of esters is 1. The summed E-state index contributed by atoms with van der Waals surface area (Å²) in [4.78, 5) is 26.9. The van der Waals surface area contributed by atoms with Crippen LogP contribution >= 0.6 is 0 Å². The fourth-order valence-electron chi connectivity index (χ4n) is 3.96. The maximum Gasteiger partial charge on any atom is 0.343 e. The first-order chi connectivity index (χ1) is 15.9. The highest BCUT2D eigenvalue weighted by Crippen LogP contribution is 2.21. The second-order valence-corrected chi connectivity index (χ2v) is 8.50. The van der Waals surface area contributed by atoms with Gasteiger partial charge in [0.25, 0.3) is 5.91 Å². The predicted molar refractivity (Wildman–Crippen MR) is 127 cm³/mol. The van der Waals surface area contributed by atoms with Crippen LogP contribution in [0, 0.1) is 5.92 Å². The maximum atomic E-state index is 12.7. The number of nitrogen functional groups attached to an aromatic ring is 1. The van der Waals surface area contributed by atoms with Gasteiger partial charge in [0.05, 0.1) is 19.0 Å². The fraction of sp³-hybridized carbons (Fsp3) is 0.320. The van der Waals surface area contributed by atoms with Crippen molar-refractivity contribution in [3.63, 3.8) is 0 Å². The van der Waals surface area contributed by atoms with E-state index in [2.05, 4.69) is 34.4 Å². The Labute approximate surface area is 193 Å². The van der Waals surface area contributed by atoms with E-state index in [0.29, 0.717) is 11.3 Å². The number of amides is 1. The Kier molecular flexibility index (Phi) is 6.74. The van der Waals surface area contributed by atoms with Gasteiger partial charge in [0.1, 0.15) is 11.4 Å². The van der Waals surface area contributed by atoms with Crippen molar-refractivity contribution in [2.75, 3.05) is 31.2 Å². The van der Waals surface area contributed by atoms with Crippen LogP contribution in [0.3, 0.4) is 0 Å². The number of hydrogen-bond donors (Lipinski definition) is 2. The molecule has 33 heavy (non-hydrogen) atoms. The molecule has 1 fully saturated rings. The summed E-state index contributed by atoms with van der Waals surface area (Å²) in [6.07, 6.45) is 3.87. The predicted octanol–water partition coefficient (Wildman–Crippen LogP) is 3.73. The Morgan fingerprint density at radius 1 is 1.09 bits per heavy atom. The summed E-state index contributed by atoms with van der Waals surface area (Å²) < 4.78 is 6.12. The summed E-state index contributed by atoms with van der Waals surface area (Å²) >= 11 is 0. The minimum atomic E-state index is -0.550. The molecular formula is C25H29N5O3. The lowest BCUT2D eigenvalue weighted by Gasteiger charge is -2.30. The van der Waals surface area contributed by atoms with Crippen molar-refractivity contribution in [2.45, 2.75) is 26.3 Å². The van der Waals surface area contributed by atoms with Gasteiger partial charge in [0.2, 0.25) is 0 Å². The molecule has 8 heteroatoms. The minimum Gasteiger partial charge on any atom is -0.465 e. The number of aromatic nitrogens is 2. The highest BCUT2D eigenvalue weighted by molar-refractivity contribution is 6.04. The van der Waals surface area contributed by atoms with Crippen molar-refractivity contribution in [3.8, 4) is 5.69 Å². The third kappa shape index (κ3) is 5.23. The molecule has 1 amide bonds. The van der Waals surface area contributed by atoms with Gasteiger partial charge in [-0.1, -0.05) is 19.1 Å². The highest BCUT2D eigenvalue weighted by atomic mass is 16.5. The zero-order chi connectivity index (χ0) is 23.4. The van der Waals surface area contributed by atoms with Crippen molar-refractivity contribution in [1.29, 1.82) is 0 Å². The topological polar surface area (TPSA) is 102 Å². The summed E-state index contributed by atoms with van der Waals surface area (Å²) in [5.74, 6) is 0.245. The van der Waals surface area contributed by atoms with E-state index in [4.69, 9.17) is 10.5 Å². The first-order valence-corrected chi connectivity index (χ1v) is 11.1. The zero-order valence-corrected chi connectivity index (χ0v) is 19.0.